The summed E-state index contributed by atoms with van der Waals surface area (Å²) in [5.74, 6) is -0.554. The highest BCUT2D eigenvalue weighted by Gasteiger charge is 2.45. The van der Waals surface area contributed by atoms with E-state index >= 15 is 0 Å². The van der Waals surface area contributed by atoms with Gasteiger partial charge >= 0.3 is 0 Å². The SMILES string of the molecule is CC[C@H](C)[C@@H]1NCCCNCCNC(=O)[C@H](Cc2cccc(Cl)c2)NC(=O)C2(CCCC2)NC1=O. The summed E-state index contributed by atoms with van der Waals surface area (Å²) in [6, 6.07) is 6.16. The normalized spacial score (nSPS) is 25.5. The van der Waals surface area contributed by atoms with E-state index in [-0.39, 0.29) is 29.7 Å². The van der Waals surface area contributed by atoms with Crippen LogP contribution >= 0.6 is 11.6 Å². The molecule has 1 saturated heterocycles. The van der Waals surface area contributed by atoms with Crippen molar-refractivity contribution in [3.05, 3.63) is 34.9 Å². The zero-order valence-corrected chi connectivity index (χ0v) is 21.7. The van der Waals surface area contributed by atoms with Gasteiger partial charge in [-0.25, -0.2) is 0 Å². The molecule has 1 aliphatic heterocycles. The van der Waals surface area contributed by atoms with E-state index in [2.05, 4.69) is 40.4 Å². The van der Waals surface area contributed by atoms with Crippen molar-refractivity contribution in [2.75, 3.05) is 26.2 Å². The summed E-state index contributed by atoms with van der Waals surface area (Å²) in [5, 5.41) is 16.3. The Morgan fingerprint density at radius 2 is 1.80 bits per heavy atom. The second-order valence-corrected chi connectivity index (χ2v) is 10.3. The lowest BCUT2D eigenvalue weighted by Gasteiger charge is -2.34. The molecule has 2 aliphatic rings. The summed E-state index contributed by atoms with van der Waals surface area (Å²) in [5.41, 5.74) is -0.147. The number of benzene rings is 1. The Kier molecular flexibility index (Phi) is 10.4. The predicted molar refractivity (Wildman–Crippen MR) is 138 cm³/mol. The maximum atomic E-state index is 13.7. The molecule has 3 rings (SSSR count). The number of carbonyl (C=O) groups is 3. The Labute approximate surface area is 213 Å². The average molecular weight is 506 g/mol. The van der Waals surface area contributed by atoms with Crippen molar-refractivity contribution in [2.45, 2.75) is 76.4 Å². The zero-order valence-electron chi connectivity index (χ0n) is 20.9. The molecule has 0 unspecified atom stereocenters. The first kappa shape index (κ1) is 27.4. The zero-order chi connectivity index (χ0) is 25.3. The Hall–Kier alpha value is -2.16. The van der Waals surface area contributed by atoms with E-state index in [1.54, 1.807) is 12.1 Å². The van der Waals surface area contributed by atoms with Crippen molar-refractivity contribution >= 4 is 29.3 Å². The minimum Gasteiger partial charge on any atom is -0.353 e. The van der Waals surface area contributed by atoms with Crippen molar-refractivity contribution in [1.82, 2.24) is 26.6 Å². The second kappa shape index (κ2) is 13.2. The minimum atomic E-state index is -1.00. The molecule has 8 nitrogen and oxygen atoms in total. The molecule has 1 heterocycles. The van der Waals surface area contributed by atoms with Gasteiger partial charge in [0.2, 0.25) is 17.7 Å². The molecule has 194 valence electrons. The van der Waals surface area contributed by atoms with Gasteiger partial charge in [-0.3, -0.25) is 14.4 Å². The van der Waals surface area contributed by atoms with Crippen LogP contribution in [0.4, 0.5) is 0 Å². The Morgan fingerprint density at radius 3 is 2.51 bits per heavy atom. The fourth-order valence-electron chi connectivity index (χ4n) is 4.89. The Morgan fingerprint density at radius 1 is 1.03 bits per heavy atom. The van der Waals surface area contributed by atoms with Crippen LogP contribution in [0.15, 0.2) is 24.3 Å². The molecule has 3 amide bonds. The van der Waals surface area contributed by atoms with Gasteiger partial charge in [-0.05, 0) is 56.0 Å². The highest BCUT2D eigenvalue weighted by atomic mass is 35.5. The lowest BCUT2D eigenvalue weighted by molar-refractivity contribution is -0.137. The van der Waals surface area contributed by atoms with Gasteiger partial charge < -0.3 is 26.6 Å². The first-order chi connectivity index (χ1) is 16.8. The molecule has 35 heavy (non-hydrogen) atoms. The first-order valence-corrected chi connectivity index (χ1v) is 13.3. The summed E-state index contributed by atoms with van der Waals surface area (Å²) >= 11 is 6.15. The van der Waals surface area contributed by atoms with Crippen LogP contribution < -0.4 is 26.6 Å². The summed E-state index contributed by atoms with van der Waals surface area (Å²) in [4.78, 5) is 40.2. The molecule has 0 aromatic heterocycles. The summed E-state index contributed by atoms with van der Waals surface area (Å²) in [6.45, 7) is 6.69. The molecule has 1 aliphatic carbocycles. The molecule has 9 heteroatoms. The fourth-order valence-corrected chi connectivity index (χ4v) is 5.10. The molecule has 3 atom stereocenters. The third kappa shape index (κ3) is 7.66. The average Bonchev–Trinajstić information content (AvgIpc) is 3.31. The van der Waals surface area contributed by atoms with Gasteiger partial charge in [0.1, 0.15) is 11.6 Å². The fraction of sp³-hybridized carbons (Fsp3) is 0.654. The summed E-state index contributed by atoms with van der Waals surface area (Å²) < 4.78 is 0. The van der Waals surface area contributed by atoms with Gasteiger partial charge in [-0.1, -0.05) is 56.8 Å². The number of hydrogen-bond acceptors (Lipinski definition) is 5. The molecule has 0 bridgehead atoms. The maximum Gasteiger partial charge on any atom is 0.246 e. The van der Waals surface area contributed by atoms with E-state index in [9.17, 15) is 14.4 Å². The number of hydrogen-bond donors (Lipinski definition) is 5. The van der Waals surface area contributed by atoms with Crippen LogP contribution in [0.2, 0.25) is 5.02 Å². The van der Waals surface area contributed by atoms with Gasteiger partial charge in [0, 0.05) is 24.5 Å². The van der Waals surface area contributed by atoms with Gasteiger partial charge in [0.05, 0.1) is 6.04 Å². The van der Waals surface area contributed by atoms with Gasteiger partial charge in [0.25, 0.3) is 0 Å². The number of rotatable bonds is 4. The van der Waals surface area contributed by atoms with Crippen molar-refractivity contribution in [1.29, 1.82) is 0 Å². The van der Waals surface area contributed by atoms with Crippen LogP contribution in [0.3, 0.4) is 0 Å². The number of halogens is 1. The molecular weight excluding hydrogens is 466 g/mol. The molecule has 1 saturated carbocycles. The lowest BCUT2D eigenvalue weighted by atomic mass is 9.92. The van der Waals surface area contributed by atoms with Crippen LogP contribution in [0.25, 0.3) is 0 Å². The molecule has 1 aromatic rings. The van der Waals surface area contributed by atoms with Crippen LogP contribution in [-0.4, -0.2) is 61.5 Å². The standard InChI is InChI=1S/C26H40ClN5O3/c1-3-18(2)22-24(34)32-26(10-4-5-11-26)25(35)31-21(17-19-8-6-9-20(27)16-19)23(33)30-15-14-28-12-7-13-29-22/h6,8-9,16,18,21-22,28-29H,3-5,7,10-15,17H2,1-2H3,(H,30,33)(H,31,35)(H,32,34)/t18-,21-,22-/m0/s1. The summed E-state index contributed by atoms with van der Waals surface area (Å²) in [6.07, 6.45) is 4.85. The molecule has 1 aromatic carbocycles. The van der Waals surface area contributed by atoms with Crippen molar-refractivity contribution in [2.24, 2.45) is 5.92 Å². The Balaban J connectivity index is 1.85. The van der Waals surface area contributed by atoms with E-state index in [4.69, 9.17) is 11.6 Å². The monoisotopic (exact) mass is 505 g/mol. The quantitative estimate of drug-likeness (QED) is 0.429. The van der Waals surface area contributed by atoms with E-state index in [1.807, 2.05) is 12.1 Å². The Bertz CT molecular complexity index is 874. The van der Waals surface area contributed by atoms with Crippen LogP contribution in [-0.2, 0) is 20.8 Å². The number of nitrogens with one attached hydrogen (secondary N) is 5. The third-order valence-electron chi connectivity index (χ3n) is 7.20. The van der Waals surface area contributed by atoms with Crippen LogP contribution in [0.5, 0.6) is 0 Å². The van der Waals surface area contributed by atoms with Crippen LogP contribution in [0, 0.1) is 5.92 Å². The van der Waals surface area contributed by atoms with Crippen LogP contribution in [0.1, 0.15) is 57.9 Å². The van der Waals surface area contributed by atoms with Crippen molar-refractivity contribution in [3.63, 3.8) is 0 Å². The predicted octanol–water partition coefficient (Wildman–Crippen LogP) is 1.91. The minimum absolute atomic E-state index is 0.129. The number of amides is 3. The van der Waals surface area contributed by atoms with Gasteiger partial charge in [-0.15, -0.1) is 0 Å². The summed E-state index contributed by atoms with van der Waals surface area (Å²) in [7, 11) is 0. The van der Waals surface area contributed by atoms with E-state index in [0.717, 1.165) is 37.8 Å². The van der Waals surface area contributed by atoms with Gasteiger partial charge in [0.15, 0.2) is 0 Å². The molecule has 2 fully saturated rings. The maximum absolute atomic E-state index is 13.7. The molecular formula is C26H40ClN5O3. The topological polar surface area (TPSA) is 111 Å². The van der Waals surface area contributed by atoms with Crippen molar-refractivity contribution in [3.8, 4) is 0 Å². The van der Waals surface area contributed by atoms with E-state index < -0.39 is 11.6 Å². The largest absolute Gasteiger partial charge is 0.353 e. The number of carbonyl (C=O) groups excluding carboxylic acids is 3. The smallest absolute Gasteiger partial charge is 0.246 e. The lowest BCUT2D eigenvalue weighted by Crippen LogP contribution is -2.64. The second-order valence-electron chi connectivity index (χ2n) is 9.85. The molecule has 5 N–H and O–H groups in total. The highest BCUT2D eigenvalue weighted by Crippen LogP contribution is 2.31. The third-order valence-corrected chi connectivity index (χ3v) is 7.43. The van der Waals surface area contributed by atoms with E-state index in [1.165, 1.54) is 0 Å². The highest BCUT2D eigenvalue weighted by molar-refractivity contribution is 6.30. The molecule has 0 radical (unpaired) electrons. The first-order valence-electron chi connectivity index (χ1n) is 12.9. The molecule has 1 spiro atoms. The van der Waals surface area contributed by atoms with E-state index in [0.29, 0.717) is 43.9 Å². The van der Waals surface area contributed by atoms with Gasteiger partial charge in [-0.2, -0.15) is 0 Å². The van der Waals surface area contributed by atoms with Crippen molar-refractivity contribution < 1.29 is 14.4 Å².